The molecule has 0 saturated heterocycles. The molecule has 0 spiro atoms. The number of aryl methyl sites for hydroxylation is 1. The van der Waals surface area contributed by atoms with Gasteiger partial charge in [0.2, 0.25) is 0 Å². The standard InChI is InChI=1S/C12H9BrFN3/c1-8-9(6-7-15)12(13)17(16-8)11-5-3-2-4-10(11)14/h2-5H,6H2,1H3. The Hall–Kier alpha value is -1.67. The number of hydrogen-bond donors (Lipinski definition) is 0. The molecule has 0 aliphatic carbocycles. The molecule has 1 aromatic carbocycles. The summed E-state index contributed by atoms with van der Waals surface area (Å²) in [6.07, 6.45) is 0.251. The summed E-state index contributed by atoms with van der Waals surface area (Å²) in [4.78, 5) is 0. The van der Waals surface area contributed by atoms with E-state index in [1.54, 1.807) is 25.1 Å². The lowest BCUT2D eigenvalue weighted by atomic mass is 10.2. The van der Waals surface area contributed by atoms with Crippen molar-refractivity contribution in [2.75, 3.05) is 0 Å². The van der Waals surface area contributed by atoms with Gasteiger partial charge in [-0.05, 0) is 35.0 Å². The van der Waals surface area contributed by atoms with Gasteiger partial charge in [0.1, 0.15) is 16.1 Å². The Kier molecular flexibility index (Phi) is 3.25. The van der Waals surface area contributed by atoms with Gasteiger partial charge in [0.15, 0.2) is 0 Å². The van der Waals surface area contributed by atoms with Crippen molar-refractivity contribution in [1.29, 1.82) is 5.26 Å². The molecule has 2 aromatic rings. The second-order valence-electron chi connectivity index (χ2n) is 3.55. The molecular formula is C12H9BrFN3. The second kappa shape index (κ2) is 4.68. The molecule has 5 heteroatoms. The van der Waals surface area contributed by atoms with E-state index in [1.165, 1.54) is 10.7 Å². The maximum absolute atomic E-state index is 13.6. The monoisotopic (exact) mass is 293 g/mol. The lowest BCUT2D eigenvalue weighted by Gasteiger charge is -2.04. The van der Waals surface area contributed by atoms with Crippen LogP contribution in [0.25, 0.3) is 5.69 Å². The van der Waals surface area contributed by atoms with Gasteiger partial charge in [-0.3, -0.25) is 0 Å². The summed E-state index contributed by atoms with van der Waals surface area (Å²) in [6, 6.07) is 8.45. The lowest BCUT2D eigenvalue weighted by Crippen LogP contribution is -2.00. The van der Waals surface area contributed by atoms with E-state index in [2.05, 4.69) is 27.1 Å². The molecule has 86 valence electrons. The third-order valence-electron chi connectivity index (χ3n) is 2.46. The molecule has 2 rings (SSSR count). The first-order valence-corrected chi connectivity index (χ1v) is 5.80. The highest BCUT2D eigenvalue weighted by molar-refractivity contribution is 9.10. The molecule has 1 aromatic heterocycles. The predicted molar refractivity (Wildman–Crippen MR) is 65.3 cm³/mol. The topological polar surface area (TPSA) is 41.6 Å². The first kappa shape index (κ1) is 11.8. The number of nitriles is 1. The maximum atomic E-state index is 13.6. The zero-order chi connectivity index (χ0) is 12.4. The Bertz CT molecular complexity index is 598. The van der Waals surface area contributed by atoms with Gasteiger partial charge in [-0.15, -0.1) is 0 Å². The minimum absolute atomic E-state index is 0.251. The number of hydrogen-bond acceptors (Lipinski definition) is 2. The van der Waals surface area contributed by atoms with Crippen molar-refractivity contribution in [3.05, 3.63) is 45.9 Å². The summed E-state index contributed by atoms with van der Waals surface area (Å²) >= 11 is 3.36. The van der Waals surface area contributed by atoms with Gasteiger partial charge >= 0.3 is 0 Å². The van der Waals surface area contributed by atoms with Gasteiger partial charge in [0.25, 0.3) is 0 Å². The number of halogens is 2. The van der Waals surface area contributed by atoms with Gasteiger partial charge in [0, 0.05) is 5.56 Å². The van der Waals surface area contributed by atoms with E-state index in [0.717, 1.165) is 11.3 Å². The minimum Gasteiger partial charge on any atom is -0.223 e. The quantitative estimate of drug-likeness (QED) is 0.853. The van der Waals surface area contributed by atoms with Crippen LogP contribution in [0.3, 0.4) is 0 Å². The molecule has 0 unspecified atom stereocenters. The van der Waals surface area contributed by atoms with Crippen molar-refractivity contribution in [3.63, 3.8) is 0 Å². The Morgan fingerprint density at radius 2 is 2.18 bits per heavy atom. The van der Waals surface area contributed by atoms with Crippen LogP contribution >= 0.6 is 15.9 Å². The Labute approximate surface area is 107 Å². The molecule has 0 saturated carbocycles. The normalized spacial score (nSPS) is 10.2. The summed E-state index contributed by atoms with van der Waals surface area (Å²) < 4.78 is 15.7. The predicted octanol–water partition coefficient (Wildman–Crippen LogP) is 3.15. The molecule has 0 bridgehead atoms. The summed E-state index contributed by atoms with van der Waals surface area (Å²) in [5.41, 5.74) is 1.88. The number of nitrogens with zero attached hydrogens (tertiary/aromatic N) is 3. The van der Waals surface area contributed by atoms with Crippen LogP contribution in [0.2, 0.25) is 0 Å². The Morgan fingerprint density at radius 1 is 1.47 bits per heavy atom. The number of benzene rings is 1. The summed E-state index contributed by atoms with van der Waals surface area (Å²) in [6.45, 7) is 1.80. The van der Waals surface area contributed by atoms with E-state index < -0.39 is 0 Å². The SMILES string of the molecule is Cc1nn(-c2ccccc2F)c(Br)c1CC#N. The van der Waals surface area contributed by atoms with Crippen LogP contribution in [0.15, 0.2) is 28.9 Å². The maximum Gasteiger partial charge on any atom is 0.148 e. The van der Waals surface area contributed by atoms with Gasteiger partial charge in [0.05, 0.1) is 18.2 Å². The van der Waals surface area contributed by atoms with Crippen LogP contribution in [0.1, 0.15) is 11.3 Å². The third kappa shape index (κ3) is 2.08. The molecule has 0 N–H and O–H groups in total. The third-order valence-corrected chi connectivity index (χ3v) is 3.27. The Balaban J connectivity index is 2.59. The molecule has 0 amide bonds. The fourth-order valence-electron chi connectivity index (χ4n) is 1.59. The van der Waals surface area contributed by atoms with Crippen LogP contribution in [0, 0.1) is 24.1 Å². The van der Waals surface area contributed by atoms with E-state index in [9.17, 15) is 4.39 Å². The van der Waals surface area contributed by atoms with E-state index in [-0.39, 0.29) is 12.2 Å². The van der Waals surface area contributed by atoms with Crippen LogP contribution < -0.4 is 0 Å². The zero-order valence-electron chi connectivity index (χ0n) is 9.11. The highest BCUT2D eigenvalue weighted by Crippen LogP contribution is 2.25. The zero-order valence-corrected chi connectivity index (χ0v) is 10.7. The average Bonchev–Trinajstić information content (AvgIpc) is 2.58. The Morgan fingerprint density at radius 3 is 2.82 bits per heavy atom. The first-order chi connectivity index (χ1) is 8.15. The van der Waals surface area contributed by atoms with Crippen molar-refractivity contribution in [2.24, 2.45) is 0 Å². The molecular weight excluding hydrogens is 285 g/mol. The largest absolute Gasteiger partial charge is 0.223 e. The first-order valence-electron chi connectivity index (χ1n) is 5.01. The smallest absolute Gasteiger partial charge is 0.148 e. The molecule has 0 radical (unpaired) electrons. The fourth-order valence-corrected chi connectivity index (χ4v) is 2.29. The average molecular weight is 294 g/mol. The van der Waals surface area contributed by atoms with Gasteiger partial charge in [-0.2, -0.15) is 10.4 Å². The minimum atomic E-state index is -0.348. The molecule has 0 aliphatic rings. The molecule has 0 atom stereocenters. The van der Waals surface area contributed by atoms with Crippen LogP contribution in [-0.2, 0) is 6.42 Å². The van der Waals surface area contributed by atoms with Crippen LogP contribution in [0.5, 0.6) is 0 Å². The fraction of sp³-hybridized carbons (Fsp3) is 0.167. The highest BCUT2D eigenvalue weighted by Gasteiger charge is 2.15. The summed E-state index contributed by atoms with van der Waals surface area (Å²) in [5.74, 6) is -0.348. The second-order valence-corrected chi connectivity index (χ2v) is 4.30. The van der Waals surface area contributed by atoms with Gasteiger partial charge < -0.3 is 0 Å². The lowest BCUT2D eigenvalue weighted by molar-refractivity contribution is 0.608. The van der Waals surface area contributed by atoms with E-state index in [0.29, 0.717) is 10.3 Å². The van der Waals surface area contributed by atoms with E-state index in [4.69, 9.17) is 5.26 Å². The number of para-hydroxylation sites is 1. The summed E-state index contributed by atoms with van der Waals surface area (Å²) in [7, 11) is 0. The van der Waals surface area contributed by atoms with E-state index >= 15 is 0 Å². The van der Waals surface area contributed by atoms with Crippen molar-refractivity contribution in [2.45, 2.75) is 13.3 Å². The van der Waals surface area contributed by atoms with Crippen molar-refractivity contribution in [1.82, 2.24) is 9.78 Å². The molecule has 1 heterocycles. The molecule has 3 nitrogen and oxygen atoms in total. The molecule has 17 heavy (non-hydrogen) atoms. The van der Waals surface area contributed by atoms with E-state index in [1.807, 2.05) is 0 Å². The van der Waals surface area contributed by atoms with Crippen LogP contribution in [0.4, 0.5) is 4.39 Å². The van der Waals surface area contributed by atoms with Gasteiger partial charge in [-0.25, -0.2) is 9.07 Å². The summed E-state index contributed by atoms with van der Waals surface area (Å²) in [5, 5.41) is 13.0. The van der Waals surface area contributed by atoms with Crippen molar-refractivity contribution in [3.8, 4) is 11.8 Å². The van der Waals surface area contributed by atoms with Crippen LogP contribution in [-0.4, -0.2) is 9.78 Å². The highest BCUT2D eigenvalue weighted by atomic mass is 79.9. The van der Waals surface area contributed by atoms with Crippen molar-refractivity contribution < 1.29 is 4.39 Å². The molecule has 0 fully saturated rings. The van der Waals surface area contributed by atoms with Crippen molar-refractivity contribution >= 4 is 15.9 Å². The van der Waals surface area contributed by atoms with Gasteiger partial charge in [-0.1, -0.05) is 12.1 Å². The number of rotatable bonds is 2. The molecule has 0 aliphatic heterocycles. The number of aromatic nitrogens is 2.